The quantitative estimate of drug-likeness (QED) is 0.857. The molecule has 20 heavy (non-hydrogen) atoms. The minimum absolute atomic E-state index is 0.348. The Balaban J connectivity index is 1.66. The van der Waals surface area contributed by atoms with Crippen LogP contribution in [-0.4, -0.2) is 36.5 Å². The van der Waals surface area contributed by atoms with Crippen LogP contribution in [0.4, 0.5) is 0 Å². The normalized spacial score (nSPS) is 30.2. The second-order valence-corrected chi connectivity index (χ2v) is 7.64. The fourth-order valence-corrected chi connectivity index (χ4v) is 3.92. The average molecular weight is 280 g/mol. The number of amides is 1. The molecule has 2 aliphatic rings. The molecule has 2 atom stereocenters. The van der Waals surface area contributed by atoms with E-state index in [1.807, 2.05) is 0 Å². The lowest BCUT2D eigenvalue weighted by Gasteiger charge is -2.39. The highest BCUT2D eigenvalue weighted by Crippen LogP contribution is 2.38. The van der Waals surface area contributed by atoms with Crippen LogP contribution >= 0.6 is 0 Å². The van der Waals surface area contributed by atoms with Crippen LogP contribution in [0, 0.1) is 11.3 Å². The van der Waals surface area contributed by atoms with Gasteiger partial charge in [-0.05, 0) is 49.9 Å². The van der Waals surface area contributed by atoms with Gasteiger partial charge in [0, 0.05) is 32.1 Å². The third-order valence-corrected chi connectivity index (χ3v) is 5.15. The minimum atomic E-state index is 0.348. The third kappa shape index (κ3) is 4.47. The molecule has 2 unspecified atom stereocenters. The van der Waals surface area contributed by atoms with Crippen molar-refractivity contribution in [2.45, 2.75) is 71.8 Å². The average Bonchev–Trinajstić information content (AvgIpc) is 2.41. The number of rotatable bonds is 4. The molecule has 0 spiro atoms. The van der Waals surface area contributed by atoms with E-state index >= 15 is 0 Å². The van der Waals surface area contributed by atoms with Crippen LogP contribution in [0.15, 0.2) is 0 Å². The number of nitrogens with zero attached hydrogens (tertiary/aromatic N) is 1. The van der Waals surface area contributed by atoms with E-state index in [-0.39, 0.29) is 0 Å². The van der Waals surface area contributed by atoms with Crippen molar-refractivity contribution in [3.63, 3.8) is 0 Å². The van der Waals surface area contributed by atoms with E-state index in [0.717, 1.165) is 25.6 Å². The molecule has 0 aromatic carbocycles. The fraction of sp³-hybridized carbons (Fsp3) is 0.941. The smallest absolute Gasteiger partial charge is 0.223 e. The zero-order valence-corrected chi connectivity index (χ0v) is 13.6. The van der Waals surface area contributed by atoms with Crippen LogP contribution in [0.3, 0.4) is 0 Å². The molecule has 1 saturated heterocycles. The summed E-state index contributed by atoms with van der Waals surface area (Å²) in [5.41, 5.74) is 0.501. The third-order valence-electron chi connectivity index (χ3n) is 5.15. The predicted molar refractivity (Wildman–Crippen MR) is 83.6 cm³/mol. The summed E-state index contributed by atoms with van der Waals surface area (Å²) in [5.74, 6) is 1.07. The SMILES string of the molecule is CC1CC(C)(C)CCC1NCCC(=O)N1CCCCC1. The highest BCUT2D eigenvalue weighted by Gasteiger charge is 2.31. The van der Waals surface area contributed by atoms with E-state index in [2.05, 4.69) is 31.0 Å². The van der Waals surface area contributed by atoms with Crippen LogP contribution in [0.5, 0.6) is 0 Å². The monoisotopic (exact) mass is 280 g/mol. The first-order valence-electron chi connectivity index (χ1n) is 8.49. The lowest BCUT2D eigenvalue weighted by Crippen LogP contribution is -2.43. The van der Waals surface area contributed by atoms with Gasteiger partial charge in [0.1, 0.15) is 0 Å². The molecular weight excluding hydrogens is 248 g/mol. The summed E-state index contributed by atoms with van der Waals surface area (Å²) in [6.45, 7) is 9.91. The molecule has 2 fully saturated rings. The molecule has 1 aliphatic heterocycles. The van der Waals surface area contributed by atoms with Crippen molar-refractivity contribution in [3.05, 3.63) is 0 Å². The van der Waals surface area contributed by atoms with E-state index in [1.165, 1.54) is 38.5 Å². The summed E-state index contributed by atoms with van der Waals surface area (Å²) in [6, 6.07) is 0.609. The number of carbonyl (C=O) groups is 1. The Kier molecular flexibility index (Phi) is 5.48. The maximum absolute atomic E-state index is 12.1. The number of carbonyl (C=O) groups excluding carboxylic acids is 1. The lowest BCUT2D eigenvalue weighted by atomic mass is 9.70. The lowest BCUT2D eigenvalue weighted by molar-refractivity contribution is -0.132. The van der Waals surface area contributed by atoms with Crippen molar-refractivity contribution in [2.24, 2.45) is 11.3 Å². The van der Waals surface area contributed by atoms with Gasteiger partial charge in [0.25, 0.3) is 0 Å². The van der Waals surface area contributed by atoms with Crippen molar-refractivity contribution < 1.29 is 4.79 Å². The van der Waals surface area contributed by atoms with Gasteiger partial charge in [0.05, 0.1) is 0 Å². The van der Waals surface area contributed by atoms with Crippen molar-refractivity contribution >= 4 is 5.91 Å². The van der Waals surface area contributed by atoms with Crippen molar-refractivity contribution in [1.82, 2.24) is 10.2 Å². The summed E-state index contributed by atoms with van der Waals surface area (Å²) in [4.78, 5) is 14.2. The molecule has 0 radical (unpaired) electrons. The molecule has 1 aliphatic carbocycles. The Bertz CT molecular complexity index is 321. The molecular formula is C17H32N2O. The van der Waals surface area contributed by atoms with Crippen LogP contribution in [-0.2, 0) is 4.79 Å². The highest BCUT2D eigenvalue weighted by molar-refractivity contribution is 5.76. The highest BCUT2D eigenvalue weighted by atomic mass is 16.2. The molecule has 1 heterocycles. The zero-order chi connectivity index (χ0) is 14.6. The predicted octanol–water partition coefficient (Wildman–Crippen LogP) is 3.19. The van der Waals surface area contributed by atoms with E-state index in [4.69, 9.17) is 0 Å². The maximum Gasteiger partial charge on any atom is 0.223 e. The van der Waals surface area contributed by atoms with E-state index in [0.29, 0.717) is 23.8 Å². The van der Waals surface area contributed by atoms with Crippen LogP contribution in [0.1, 0.15) is 65.7 Å². The molecule has 116 valence electrons. The number of likely N-dealkylation sites (tertiary alicyclic amines) is 1. The van der Waals surface area contributed by atoms with Crippen molar-refractivity contribution in [1.29, 1.82) is 0 Å². The second kappa shape index (κ2) is 6.93. The van der Waals surface area contributed by atoms with E-state index in [9.17, 15) is 4.79 Å². The number of piperidine rings is 1. The van der Waals surface area contributed by atoms with Gasteiger partial charge in [0.15, 0.2) is 0 Å². The fourth-order valence-electron chi connectivity index (χ4n) is 3.92. The van der Waals surface area contributed by atoms with Crippen LogP contribution < -0.4 is 5.32 Å². The summed E-state index contributed by atoms with van der Waals surface area (Å²) < 4.78 is 0. The molecule has 3 heteroatoms. The molecule has 3 nitrogen and oxygen atoms in total. The Morgan fingerprint density at radius 3 is 2.60 bits per heavy atom. The summed E-state index contributed by atoms with van der Waals surface area (Å²) >= 11 is 0. The van der Waals surface area contributed by atoms with Gasteiger partial charge in [-0.25, -0.2) is 0 Å². The van der Waals surface area contributed by atoms with Gasteiger partial charge in [-0.1, -0.05) is 20.8 Å². The van der Waals surface area contributed by atoms with E-state index < -0.39 is 0 Å². The van der Waals surface area contributed by atoms with Crippen molar-refractivity contribution in [3.8, 4) is 0 Å². The topological polar surface area (TPSA) is 32.3 Å². The van der Waals surface area contributed by atoms with Crippen LogP contribution in [0.25, 0.3) is 0 Å². The molecule has 2 rings (SSSR count). The van der Waals surface area contributed by atoms with Gasteiger partial charge in [0.2, 0.25) is 5.91 Å². The van der Waals surface area contributed by atoms with Crippen molar-refractivity contribution in [2.75, 3.05) is 19.6 Å². The summed E-state index contributed by atoms with van der Waals surface area (Å²) in [6.07, 6.45) is 8.19. The Morgan fingerprint density at radius 2 is 1.95 bits per heavy atom. The molecule has 0 aromatic heterocycles. The van der Waals surface area contributed by atoms with Gasteiger partial charge < -0.3 is 10.2 Å². The standard InChI is InChI=1S/C17H32N2O/c1-14-13-17(2,3)9-7-15(14)18-10-8-16(20)19-11-5-4-6-12-19/h14-15,18H,4-13H2,1-3H3. The minimum Gasteiger partial charge on any atom is -0.343 e. The molecule has 1 N–H and O–H groups in total. The van der Waals surface area contributed by atoms with E-state index in [1.54, 1.807) is 0 Å². The summed E-state index contributed by atoms with van der Waals surface area (Å²) in [7, 11) is 0. The Hall–Kier alpha value is -0.570. The maximum atomic E-state index is 12.1. The van der Waals surface area contributed by atoms with Crippen LogP contribution in [0.2, 0.25) is 0 Å². The molecule has 1 amide bonds. The number of nitrogens with one attached hydrogen (secondary N) is 1. The van der Waals surface area contributed by atoms with Gasteiger partial charge in [-0.2, -0.15) is 0 Å². The number of hydrogen-bond donors (Lipinski definition) is 1. The first-order valence-corrected chi connectivity index (χ1v) is 8.49. The summed E-state index contributed by atoms with van der Waals surface area (Å²) in [5, 5.41) is 3.63. The largest absolute Gasteiger partial charge is 0.343 e. The Morgan fingerprint density at radius 1 is 1.25 bits per heavy atom. The molecule has 0 bridgehead atoms. The second-order valence-electron chi connectivity index (χ2n) is 7.64. The molecule has 1 saturated carbocycles. The first-order chi connectivity index (χ1) is 9.48. The molecule has 0 aromatic rings. The number of hydrogen-bond acceptors (Lipinski definition) is 2. The Labute approximate surface area is 124 Å². The first kappa shape index (κ1) is 15.8. The van der Waals surface area contributed by atoms with Gasteiger partial charge in [-0.15, -0.1) is 0 Å². The van der Waals surface area contributed by atoms with Gasteiger partial charge in [-0.3, -0.25) is 4.79 Å². The zero-order valence-electron chi connectivity index (χ0n) is 13.6. The van der Waals surface area contributed by atoms with Gasteiger partial charge >= 0.3 is 0 Å².